The number of carbonyl (C=O) groups excluding carboxylic acids is 1. The lowest BCUT2D eigenvalue weighted by Crippen LogP contribution is -2.32. The predicted molar refractivity (Wildman–Crippen MR) is 60.0 cm³/mol. The monoisotopic (exact) mass is 225 g/mol. The fourth-order valence-corrected chi connectivity index (χ4v) is 2.49. The number of hydrogen-bond acceptors (Lipinski definition) is 4. The molecule has 1 amide bonds. The van der Waals surface area contributed by atoms with Crippen molar-refractivity contribution in [2.75, 3.05) is 13.1 Å². The smallest absolute Gasteiger partial charge is 0.221 e. The Hall–Kier alpha value is -0.940. The molecule has 0 aliphatic carbocycles. The van der Waals surface area contributed by atoms with E-state index in [0.717, 1.165) is 25.2 Å². The molecule has 1 aliphatic rings. The van der Waals surface area contributed by atoms with Gasteiger partial charge >= 0.3 is 0 Å². The summed E-state index contributed by atoms with van der Waals surface area (Å²) in [6, 6.07) is 0.311. The van der Waals surface area contributed by atoms with Gasteiger partial charge in [-0.1, -0.05) is 0 Å². The van der Waals surface area contributed by atoms with Gasteiger partial charge in [-0.05, 0) is 13.3 Å². The molecule has 1 fully saturated rings. The minimum absolute atomic E-state index is 0.154. The zero-order chi connectivity index (χ0) is 10.7. The van der Waals surface area contributed by atoms with Gasteiger partial charge in [-0.25, -0.2) is 4.98 Å². The average molecular weight is 225 g/mol. The Labute approximate surface area is 93.1 Å². The molecule has 2 rings (SSSR count). The molecule has 15 heavy (non-hydrogen) atoms. The highest BCUT2D eigenvalue weighted by molar-refractivity contribution is 7.09. The van der Waals surface area contributed by atoms with Crippen LogP contribution in [-0.2, 0) is 11.2 Å². The van der Waals surface area contributed by atoms with Crippen LogP contribution in [0.3, 0.4) is 0 Å². The normalized spacial score (nSPS) is 20.6. The fraction of sp³-hybridized carbons (Fsp3) is 0.600. The lowest BCUT2D eigenvalue weighted by molar-refractivity contribution is -0.119. The topological polar surface area (TPSA) is 54.0 Å². The van der Waals surface area contributed by atoms with E-state index in [0.29, 0.717) is 12.5 Å². The van der Waals surface area contributed by atoms with E-state index in [9.17, 15) is 4.79 Å². The molecule has 82 valence electrons. The molecule has 1 aromatic rings. The number of rotatable bonds is 4. The Balaban J connectivity index is 1.71. The molecule has 0 radical (unpaired) electrons. The summed E-state index contributed by atoms with van der Waals surface area (Å²) in [6.07, 6.45) is 1.61. The van der Waals surface area contributed by atoms with Crippen molar-refractivity contribution >= 4 is 17.2 Å². The number of nitrogens with zero attached hydrogens (tertiary/aromatic N) is 1. The first-order valence-corrected chi connectivity index (χ1v) is 6.02. The highest BCUT2D eigenvalue weighted by atomic mass is 32.1. The van der Waals surface area contributed by atoms with Gasteiger partial charge in [0, 0.05) is 30.4 Å². The molecule has 2 N–H and O–H groups in total. The van der Waals surface area contributed by atoms with Crippen LogP contribution < -0.4 is 10.6 Å². The Morgan fingerprint density at radius 1 is 1.73 bits per heavy atom. The molecule has 1 aliphatic heterocycles. The maximum Gasteiger partial charge on any atom is 0.221 e. The molecule has 2 heterocycles. The molecule has 1 saturated heterocycles. The Morgan fingerprint density at radius 3 is 3.20 bits per heavy atom. The minimum Gasteiger partial charge on any atom is -0.354 e. The van der Waals surface area contributed by atoms with Gasteiger partial charge in [-0.3, -0.25) is 4.79 Å². The first-order valence-electron chi connectivity index (χ1n) is 5.15. The summed E-state index contributed by atoms with van der Waals surface area (Å²) in [5.41, 5.74) is 3.01. The maximum absolute atomic E-state index is 10.9. The van der Waals surface area contributed by atoms with Gasteiger partial charge in [0.1, 0.15) is 0 Å². The van der Waals surface area contributed by atoms with Crippen LogP contribution in [0.1, 0.15) is 17.0 Å². The van der Waals surface area contributed by atoms with Crippen LogP contribution >= 0.6 is 11.3 Å². The van der Waals surface area contributed by atoms with Crippen molar-refractivity contribution in [3.8, 4) is 0 Å². The van der Waals surface area contributed by atoms with Crippen molar-refractivity contribution in [2.45, 2.75) is 25.8 Å². The maximum atomic E-state index is 10.9. The van der Waals surface area contributed by atoms with Crippen LogP contribution in [-0.4, -0.2) is 30.0 Å². The number of nitrogens with one attached hydrogen (secondary N) is 2. The molecule has 0 spiro atoms. The zero-order valence-corrected chi connectivity index (χ0v) is 9.56. The Morgan fingerprint density at radius 2 is 2.60 bits per heavy atom. The van der Waals surface area contributed by atoms with Gasteiger partial charge < -0.3 is 10.6 Å². The van der Waals surface area contributed by atoms with Gasteiger partial charge in [0.2, 0.25) is 5.91 Å². The van der Waals surface area contributed by atoms with Crippen LogP contribution in [0.2, 0.25) is 0 Å². The molecule has 1 aromatic heterocycles. The number of thiazole rings is 1. The van der Waals surface area contributed by atoms with Crippen molar-refractivity contribution in [3.05, 3.63) is 16.1 Å². The second kappa shape index (κ2) is 4.72. The van der Waals surface area contributed by atoms with E-state index in [4.69, 9.17) is 0 Å². The molecule has 5 heteroatoms. The van der Waals surface area contributed by atoms with E-state index < -0.39 is 0 Å². The summed E-state index contributed by atoms with van der Waals surface area (Å²) >= 11 is 1.70. The number of carbonyl (C=O) groups is 1. The number of aromatic nitrogens is 1. The van der Waals surface area contributed by atoms with Crippen LogP contribution in [0.15, 0.2) is 5.51 Å². The molecule has 0 saturated carbocycles. The van der Waals surface area contributed by atoms with Gasteiger partial charge in [-0.15, -0.1) is 11.3 Å². The van der Waals surface area contributed by atoms with Gasteiger partial charge in [0.15, 0.2) is 0 Å². The highest BCUT2D eigenvalue weighted by Crippen LogP contribution is 2.12. The number of hydrogen-bond donors (Lipinski definition) is 2. The molecule has 4 nitrogen and oxygen atoms in total. The van der Waals surface area contributed by atoms with E-state index in [1.165, 1.54) is 4.88 Å². The molecule has 0 bridgehead atoms. The SMILES string of the molecule is Cc1ncsc1CCNC1CNC(=O)C1. The third-order valence-corrected chi connectivity index (χ3v) is 3.60. The summed E-state index contributed by atoms with van der Waals surface area (Å²) in [6.45, 7) is 3.72. The molecular formula is C10H15N3OS. The Kier molecular flexibility index (Phi) is 3.33. The van der Waals surface area contributed by atoms with Crippen molar-refractivity contribution < 1.29 is 4.79 Å². The minimum atomic E-state index is 0.154. The number of aryl methyl sites for hydroxylation is 1. The largest absolute Gasteiger partial charge is 0.354 e. The van der Waals surface area contributed by atoms with E-state index in [1.54, 1.807) is 11.3 Å². The van der Waals surface area contributed by atoms with Crippen molar-refractivity contribution in [1.29, 1.82) is 0 Å². The molecule has 1 atom stereocenters. The van der Waals surface area contributed by atoms with Crippen LogP contribution in [0.4, 0.5) is 0 Å². The quantitative estimate of drug-likeness (QED) is 0.783. The Bertz CT molecular complexity index is 350. The van der Waals surface area contributed by atoms with E-state index in [-0.39, 0.29) is 5.91 Å². The standard InChI is InChI=1S/C10H15N3OS/c1-7-9(15-6-13-7)2-3-11-8-4-10(14)12-5-8/h6,8,11H,2-5H2,1H3,(H,12,14). The summed E-state index contributed by atoms with van der Waals surface area (Å²) in [5.74, 6) is 0.154. The fourth-order valence-electron chi connectivity index (χ4n) is 1.71. The van der Waals surface area contributed by atoms with Crippen LogP contribution in [0.25, 0.3) is 0 Å². The van der Waals surface area contributed by atoms with Gasteiger partial charge in [0.05, 0.1) is 11.2 Å². The molecule has 0 aromatic carbocycles. The first-order chi connectivity index (χ1) is 7.25. The lowest BCUT2D eigenvalue weighted by Gasteiger charge is -2.09. The van der Waals surface area contributed by atoms with Crippen LogP contribution in [0, 0.1) is 6.92 Å². The zero-order valence-electron chi connectivity index (χ0n) is 8.75. The average Bonchev–Trinajstić information content (AvgIpc) is 2.77. The van der Waals surface area contributed by atoms with E-state index >= 15 is 0 Å². The molecule has 1 unspecified atom stereocenters. The summed E-state index contributed by atoms with van der Waals surface area (Å²) in [5, 5.41) is 6.19. The second-order valence-electron chi connectivity index (χ2n) is 3.77. The lowest BCUT2D eigenvalue weighted by atomic mass is 10.2. The van der Waals surface area contributed by atoms with Crippen molar-refractivity contribution in [2.24, 2.45) is 0 Å². The van der Waals surface area contributed by atoms with E-state index in [1.807, 2.05) is 12.4 Å². The number of amides is 1. The highest BCUT2D eigenvalue weighted by Gasteiger charge is 2.20. The first kappa shape index (κ1) is 10.6. The predicted octanol–water partition coefficient (Wildman–Crippen LogP) is 0.472. The second-order valence-corrected chi connectivity index (χ2v) is 4.71. The van der Waals surface area contributed by atoms with E-state index in [2.05, 4.69) is 15.6 Å². The van der Waals surface area contributed by atoms with Gasteiger partial charge in [-0.2, -0.15) is 0 Å². The summed E-state index contributed by atoms with van der Waals surface area (Å²) < 4.78 is 0. The third kappa shape index (κ3) is 2.76. The summed E-state index contributed by atoms with van der Waals surface area (Å²) in [7, 11) is 0. The van der Waals surface area contributed by atoms with Crippen molar-refractivity contribution in [1.82, 2.24) is 15.6 Å². The molecular weight excluding hydrogens is 210 g/mol. The van der Waals surface area contributed by atoms with Crippen LogP contribution in [0.5, 0.6) is 0 Å². The third-order valence-electron chi connectivity index (χ3n) is 2.61. The summed E-state index contributed by atoms with van der Waals surface area (Å²) in [4.78, 5) is 16.5. The van der Waals surface area contributed by atoms with Gasteiger partial charge in [0.25, 0.3) is 0 Å². The van der Waals surface area contributed by atoms with Crippen molar-refractivity contribution in [3.63, 3.8) is 0 Å².